The van der Waals surface area contributed by atoms with Crippen molar-refractivity contribution >= 4 is 11.5 Å². The fourth-order valence-corrected chi connectivity index (χ4v) is 3.93. The molecule has 0 aliphatic heterocycles. The Balaban J connectivity index is 1.79. The van der Waals surface area contributed by atoms with Crippen LogP contribution in [0.1, 0.15) is 28.1 Å². The van der Waals surface area contributed by atoms with Crippen molar-refractivity contribution in [2.75, 3.05) is 25.5 Å². The summed E-state index contributed by atoms with van der Waals surface area (Å²) in [4.78, 5) is 9.95. The molecule has 0 saturated heterocycles. The van der Waals surface area contributed by atoms with Gasteiger partial charge in [-0.25, -0.2) is 9.97 Å². The molecule has 0 radical (unpaired) electrons. The monoisotopic (exact) mass is 456 g/mol. The van der Waals surface area contributed by atoms with Gasteiger partial charge in [0.15, 0.2) is 5.82 Å². The molecule has 7 heteroatoms. The van der Waals surface area contributed by atoms with Crippen molar-refractivity contribution in [2.45, 2.75) is 34.2 Å². The number of para-hydroxylation sites is 1. The molecule has 0 saturated carbocycles. The average molecular weight is 457 g/mol. The molecule has 4 aromatic rings. The van der Waals surface area contributed by atoms with E-state index in [2.05, 4.69) is 46.2 Å². The van der Waals surface area contributed by atoms with Crippen LogP contribution in [0.15, 0.2) is 53.1 Å². The highest BCUT2D eigenvalue weighted by Gasteiger charge is 2.20. The molecule has 2 aromatic carbocycles. The van der Waals surface area contributed by atoms with E-state index in [1.54, 1.807) is 0 Å². The lowest BCUT2D eigenvalue weighted by Crippen LogP contribution is -2.24. The Labute approximate surface area is 201 Å². The van der Waals surface area contributed by atoms with Crippen LogP contribution >= 0.6 is 0 Å². The first-order valence-corrected chi connectivity index (χ1v) is 11.6. The van der Waals surface area contributed by atoms with Crippen molar-refractivity contribution < 1.29 is 4.52 Å². The average Bonchev–Trinajstić information content (AvgIpc) is 3.17. The number of likely N-dealkylation sites (N-methyl/N-ethyl adjacent to an activating group) is 1. The lowest BCUT2D eigenvalue weighted by Gasteiger charge is -2.15. The molecule has 0 aliphatic carbocycles. The van der Waals surface area contributed by atoms with Gasteiger partial charge in [0.05, 0.1) is 17.0 Å². The quantitative estimate of drug-likeness (QED) is 0.303. The molecule has 0 atom stereocenters. The van der Waals surface area contributed by atoms with Crippen LogP contribution in [0.3, 0.4) is 0 Å². The van der Waals surface area contributed by atoms with E-state index < -0.39 is 0 Å². The maximum Gasteiger partial charge on any atom is 0.162 e. The van der Waals surface area contributed by atoms with Gasteiger partial charge in [-0.2, -0.15) is 0 Å². The molecule has 0 fully saturated rings. The lowest BCUT2D eigenvalue weighted by molar-refractivity contribution is 0.393. The number of rotatable bonds is 9. The molecule has 0 aliphatic rings. The van der Waals surface area contributed by atoms with Crippen molar-refractivity contribution in [1.29, 1.82) is 0 Å². The van der Waals surface area contributed by atoms with E-state index in [9.17, 15) is 0 Å². The highest BCUT2D eigenvalue weighted by molar-refractivity contribution is 5.76. The predicted molar refractivity (Wildman–Crippen MR) is 137 cm³/mol. The molecule has 7 nitrogen and oxygen atoms in total. The minimum Gasteiger partial charge on any atom is -0.361 e. The SMILES string of the molecule is CNCCNCc1cc(-c2nc(Nc3ccccc3)c(C)c(-c3c(C)noc3C)n2)ccc1C. The first kappa shape index (κ1) is 23.6. The molecule has 34 heavy (non-hydrogen) atoms. The van der Waals surface area contributed by atoms with Gasteiger partial charge in [0, 0.05) is 36.4 Å². The van der Waals surface area contributed by atoms with E-state index in [1.807, 2.05) is 58.2 Å². The molecule has 0 unspecified atom stereocenters. The number of aromatic nitrogens is 3. The summed E-state index contributed by atoms with van der Waals surface area (Å²) in [5.41, 5.74) is 7.92. The Morgan fingerprint density at radius 2 is 1.71 bits per heavy atom. The number of nitrogens with zero attached hydrogens (tertiary/aromatic N) is 3. The van der Waals surface area contributed by atoms with Gasteiger partial charge in [-0.05, 0) is 64.1 Å². The van der Waals surface area contributed by atoms with Gasteiger partial charge in [0.2, 0.25) is 0 Å². The molecule has 0 amide bonds. The fourth-order valence-electron chi connectivity index (χ4n) is 3.93. The minimum absolute atomic E-state index is 0.663. The van der Waals surface area contributed by atoms with Gasteiger partial charge in [-0.15, -0.1) is 0 Å². The number of benzene rings is 2. The zero-order valence-electron chi connectivity index (χ0n) is 20.5. The fraction of sp³-hybridized carbons (Fsp3) is 0.296. The minimum atomic E-state index is 0.663. The van der Waals surface area contributed by atoms with Crippen LogP contribution in [-0.2, 0) is 6.54 Å². The maximum absolute atomic E-state index is 5.46. The Hall–Kier alpha value is -3.55. The van der Waals surface area contributed by atoms with E-state index in [-0.39, 0.29) is 0 Å². The highest BCUT2D eigenvalue weighted by atomic mass is 16.5. The van der Waals surface area contributed by atoms with Gasteiger partial charge < -0.3 is 20.5 Å². The highest BCUT2D eigenvalue weighted by Crippen LogP contribution is 2.34. The van der Waals surface area contributed by atoms with Crippen LogP contribution in [0, 0.1) is 27.7 Å². The number of hydrogen-bond acceptors (Lipinski definition) is 7. The molecule has 2 aromatic heterocycles. The van der Waals surface area contributed by atoms with Gasteiger partial charge in [-0.3, -0.25) is 0 Å². The number of anilines is 2. The second-order valence-corrected chi connectivity index (χ2v) is 8.48. The van der Waals surface area contributed by atoms with Gasteiger partial charge in [-0.1, -0.05) is 35.5 Å². The Morgan fingerprint density at radius 3 is 2.41 bits per heavy atom. The Kier molecular flexibility index (Phi) is 7.35. The molecule has 3 N–H and O–H groups in total. The molecule has 2 heterocycles. The summed E-state index contributed by atoms with van der Waals surface area (Å²) in [7, 11) is 1.96. The van der Waals surface area contributed by atoms with Crippen molar-refractivity contribution in [3.8, 4) is 22.6 Å². The van der Waals surface area contributed by atoms with Crippen LogP contribution in [0.2, 0.25) is 0 Å². The molecular formula is C27H32N6O. The number of nitrogens with one attached hydrogen (secondary N) is 3. The van der Waals surface area contributed by atoms with Crippen molar-refractivity contribution in [1.82, 2.24) is 25.8 Å². The van der Waals surface area contributed by atoms with Crippen molar-refractivity contribution in [3.63, 3.8) is 0 Å². The third-order valence-electron chi connectivity index (χ3n) is 5.93. The van der Waals surface area contributed by atoms with Crippen LogP contribution in [0.4, 0.5) is 11.5 Å². The summed E-state index contributed by atoms with van der Waals surface area (Å²) in [6.07, 6.45) is 0. The van der Waals surface area contributed by atoms with Crippen molar-refractivity contribution in [2.24, 2.45) is 0 Å². The summed E-state index contributed by atoms with van der Waals surface area (Å²) >= 11 is 0. The predicted octanol–water partition coefficient (Wildman–Crippen LogP) is 5.08. The van der Waals surface area contributed by atoms with Crippen LogP contribution in [-0.4, -0.2) is 35.3 Å². The van der Waals surface area contributed by atoms with Gasteiger partial charge >= 0.3 is 0 Å². The van der Waals surface area contributed by atoms with E-state index >= 15 is 0 Å². The van der Waals surface area contributed by atoms with Gasteiger partial charge in [0.25, 0.3) is 0 Å². The third kappa shape index (κ3) is 5.16. The normalized spacial score (nSPS) is 11.1. The zero-order chi connectivity index (χ0) is 24.1. The first-order valence-electron chi connectivity index (χ1n) is 11.6. The summed E-state index contributed by atoms with van der Waals surface area (Å²) in [5, 5.41) is 14.3. The Bertz CT molecular complexity index is 1250. The Morgan fingerprint density at radius 1 is 0.912 bits per heavy atom. The smallest absolute Gasteiger partial charge is 0.162 e. The van der Waals surface area contributed by atoms with Crippen LogP contribution in [0.5, 0.6) is 0 Å². The van der Waals surface area contributed by atoms with E-state index in [1.165, 1.54) is 11.1 Å². The molecular weight excluding hydrogens is 424 g/mol. The third-order valence-corrected chi connectivity index (χ3v) is 5.93. The standard InChI is InChI=1S/C27H32N6O/c1-17-11-12-21(15-22(17)16-29-14-13-28-5)27-31-25(24-19(3)33-34-20(24)4)18(2)26(32-27)30-23-9-7-6-8-10-23/h6-12,15,28-29H,13-14,16H2,1-5H3,(H,30,31,32). The molecule has 0 bridgehead atoms. The summed E-state index contributed by atoms with van der Waals surface area (Å²) in [6, 6.07) is 16.4. The molecule has 0 spiro atoms. The van der Waals surface area contributed by atoms with Crippen LogP contribution < -0.4 is 16.0 Å². The number of hydrogen-bond donors (Lipinski definition) is 3. The van der Waals surface area contributed by atoms with E-state index in [0.29, 0.717) is 5.82 Å². The second-order valence-electron chi connectivity index (χ2n) is 8.48. The lowest BCUT2D eigenvalue weighted by atomic mass is 10.0. The van der Waals surface area contributed by atoms with Crippen LogP contribution in [0.25, 0.3) is 22.6 Å². The summed E-state index contributed by atoms with van der Waals surface area (Å²) < 4.78 is 5.46. The van der Waals surface area contributed by atoms with E-state index in [0.717, 1.165) is 65.0 Å². The van der Waals surface area contributed by atoms with Gasteiger partial charge in [0.1, 0.15) is 11.6 Å². The largest absolute Gasteiger partial charge is 0.361 e. The van der Waals surface area contributed by atoms with E-state index in [4.69, 9.17) is 14.5 Å². The number of aryl methyl sites for hydroxylation is 3. The second kappa shape index (κ2) is 10.6. The molecule has 176 valence electrons. The summed E-state index contributed by atoms with van der Waals surface area (Å²) in [5.74, 6) is 2.17. The summed E-state index contributed by atoms with van der Waals surface area (Å²) in [6.45, 7) is 10.6. The first-order chi connectivity index (χ1) is 16.5. The molecule has 4 rings (SSSR count). The maximum atomic E-state index is 5.46. The van der Waals surface area contributed by atoms with Crippen molar-refractivity contribution in [3.05, 3.63) is 76.7 Å². The zero-order valence-corrected chi connectivity index (χ0v) is 20.5. The topological polar surface area (TPSA) is 87.9 Å².